The first-order chi connectivity index (χ1) is 7.15. The van der Waals surface area contributed by atoms with Crippen molar-refractivity contribution in [2.75, 3.05) is 20.0 Å². The van der Waals surface area contributed by atoms with Crippen molar-refractivity contribution in [3.63, 3.8) is 0 Å². The van der Waals surface area contributed by atoms with Gasteiger partial charge in [-0.3, -0.25) is 0 Å². The fourth-order valence-corrected chi connectivity index (χ4v) is 1.38. The van der Waals surface area contributed by atoms with Gasteiger partial charge in [0.1, 0.15) is 0 Å². The summed E-state index contributed by atoms with van der Waals surface area (Å²) < 4.78 is 0. The van der Waals surface area contributed by atoms with E-state index >= 15 is 0 Å². The molecule has 0 heterocycles. The number of hydrogen-bond acceptors (Lipinski definition) is 0. The van der Waals surface area contributed by atoms with Crippen LogP contribution in [0.5, 0.6) is 0 Å². The summed E-state index contributed by atoms with van der Waals surface area (Å²) >= 11 is 0. The van der Waals surface area contributed by atoms with Crippen molar-refractivity contribution in [3.05, 3.63) is 0 Å². The molecule has 0 aliphatic rings. The van der Waals surface area contributed by atoms with Crippen LogP contribution in [0.25, 0.3) is 0 Å². The van der Waals surface area contributed by atoms with Crippen molar-refractivity contribution >= 4 is 7.92 Å². The maximum absolute atomic E-state index is 2.27. The summed E-state index contributed by atoms with van der Waals surface area (Å²) in [5, 5.41) is 0. The predicted octanol–water partition coefficient (Wildman–Crippen LogP) is 5.89. The molecular formula is C14H33P. The van der Waals surface area contributed by atoms with Crippen molar-refractivity contribution in [1.29, 1.82) is 0 Å². The molecule has 0 aromatic rings. The van der Waals surface area contributed by atoms with Gasteiger partial charge in [-0.15, -0.1) is 7.92 Å². The lowest BCUT2D eigenvalue weighted by Crippen LogP contribution is -1.79. The smallest absolute Gasteiger partial charge is 0.0449 e. The Kier molecular flexibility index (Phi) is 20.0. The highest BCUT2D eigenvalue weighted by Crippen LogP contribution is 2.14. The Labute approximate surface area is 100.0 Å². The highest BCUT2D eigenvalue weighted by molar-refractivity contribution is 7.55. The average molecular weight is 232 g/mol. The maximum atomic E-state index is 2.27. The third kappa shape index (κ3) is 31.4. The van der Waals surface area contributed by atoms with E-state index in [2.05, 4.69) is 33.8 Å². The van der Waals surface area contributed by atoms with E-state index in [0.717, 1.165) is 0 Å². The monoisotopic (exact) mass is 232 g/mol. The van der Waals surface area contributed by atoms with Gasteiger partial charge in [0.05, 0.1) is 0 Å². The summed E-state index contributed by atoms with van der Waals surface area (Å²) in [6, 6.07) is 0. The predicted molar refractivity (Wildman–Crippen MR) is 77.6 cm³/mol. The first-order valence-electron chi connectivity index (χ1n) is 6.76. The fourth-order valence-electron chi connectivity index (χ4n) is 1.38. The Morgan fingerprint density at radius 3 is 0.933 bits per heavy atom. The van der Waals surface area contributed by atoms with Crippen LogP contribution in [0.1, 0.15) is 71.6 Å². The molecule has 0 radical (unpaired) electrons. The minimum Gasteiger partial charge on any atom is -0.116 e. The number of hydrogen-bond donors (Lipinski definition) is 0. The summed E-state index contributed by atoms with van der Waals surface area (Å²) in [6.07, 6.45) is 13.0. The van der Waals surface area contributed by atoms with Gasteiger partial charge in [-0.25, -0.2) is 0 Å². The molecule has 0 nitrogen and oxygen atoms in total. The molecule has 0 rings (SSSR count). The van der Waals surface area contributed by atoms with Gasteiger partial charge in [0, 0.05) is 0 Å². The van der Waals surface area contributed by atoms with E-state index < -0.39 is 0 Å². The van der Waals surface area contributed by atoms with E-state index in [1.54, 1.807) is 0 Å². The van der Waals surface area contributed by atoms with Gasteiger partial charge < -0.3 is 0 Å². The lowest BCUT2D eigenvalue weighted by Gasteiger charge is -1.98. The van der Waals surface area contributed by atoms with Crippen LogP contribution < -0.4 is 0 Å². The molecule has 94 valence electrons. The van der Waals surface area contributed by atoms with Gasteiger partial charge in [-0.05, 0) is 20.0 Å². The lowest BCUT2D eigenvalue weighted by molar-refractivity contribution is 0.572. The quantitative estimate of drug-likeness (QED) is 0.361. The molecule has 0 atom stereocenters. The molecule has 0 aliphatic carbocycles. The van der Waals surface area contributed by atoms with Crippen LogP contribution in [0.3, 0.4) is 0 Å². The zero-order valence-electron chi connectivity index (χ0n) is 11.8. The molecule has 0 aromatic carbocycles. The normalized spacial score (nSPS) is 10.0. The molecular weight excluding hydrogens is 199 g/mol. The van der Waals surface area contributed by atoms with Gasteiger partial charge in [0.25, 0.3) is 0 Å². The second-order valence-corrected chi connectivity index (χ2v) is 7.50. The highest BCUT2D eigenvalue weighted by Gasteiger charge is 1.88. The molecule has 15 heavy (non-hydrogen) atoms. The zero-order chi connectivity index (χ0) is 11.9. The van der Waals surface area contributed by atoms with Gasteiger partial charge in [-0.2, -0.15) is 0 Å². The van der Waals surface area contributed by atoms with E-state index in [1.807, 2.05) is 0 Å². The molecule has 0 amide bonds. The molecule has 0 bridgehead atoms. The van der Waals surface area contributed by atoms with Crippen molar-refractivity contribution < 1.29 is 0 Å². The first-order valence-corrected chi connectivity index (χ1v) is 9.44. The molecule has 0 saturated heterocycles. The molecule has 1 heteroatoms. The van der Waals surface area contributed by atoms with Crippen LogP contribution in [0, 0.1) is 0 Å². The summed E-state index contributed by atoms with van der Waals surface area (Å²) in [6.45, 7) is 11.2. The van der Waals surface area contributed by atoms with E-state index in [4.69, 9.17) is 0 Å². The van der Waals surface area contributed by atoms with Crippen LogP contribution in [0.4, 0.5) is 0 Å². The first kappa shape index (κ1) is 17.8. The zero-order valence-corrected chi connectivity index (χ0v) is 12.7. The van der Waals surface area contributed by atoms with Crippen LogP contribution in [0.15, 0.2) is 0 Å². The Morgan fingerprint density at radius 1 is 0.533 bits per heavy atom. The third-order valence-corrected chi connectivity index (χ3v) is 2.21. The molecule has 0 N–H and O–H groups in total. The summed E-state index contributed by atoms with van der Waals surface area (Å²) in [5.41, 5.74) is 0. The number of rotatable bonds is 8. The topological polar surface area (TPSA) is 0 Å². The SMILES string of the molecule is CCCCCCCCCCC.CP(C)C. The highest BCUT2D eigenvalue weighted by atomic mass is 31.1. The Bertz CT molecular complexity index is 78.6. The number of unbranched alkanes of at least 4 members (excludes halogenated alkanes) is 8. The van der Waals surface area contributed by atoms with Crippen LogP contribution in [0.2, 0.25) is 0 Å². The fraction of sp³-hybridized carbons (Fsp3) is 1.00. The molecule has 0 saturated carbocycles. The minimum atomic E-state index is 0.380. The lowest BCUT2D eigenvalue weighted by atomic mass is 10.1. The van der Waals surface area contributed by atoms with E-state index in [0.29, 0.717) is 7.92 Å². The van der Waals surface area contributed by atoms with Gasteiger partial charge in [0.15, 0.2) is 0 Å². The van der Waals surface area contributed by atoms with E-state index in [-0.39, 0.29) is 0 Å². The van der Waals surface area contributed by atoms with Crippen molar-refractivity contribution in [3.8, 4) is 0 Å². The standard InChI is InChI=1S/C11H24.C3H9P/c1-3-5-7-9-11-10-8-6-4-2;1-4(2)3/h3-11H2,1-2H3;1-3H3. The summed E-state index contributed by atoms with van der Waals surface area (Å²) in [5.74, 6) is 0. The van der Waals surface area contributed by atoms with E-state index in [9.17, 15) is 0 Å². The van der Waals surface area contributed by atoms with E-state index in [1.165, 1.54) is 57.8 Å². The maximum Gasteiger partial charge on any atom is -0.0449 e. The second-order valence-electron chi connectivity index (χ2n) is 4.82. The molecule has 0 aromatic heterocycles. The van der Waals surface area contributed by atoms with Gasteiger partial charge in [0.2, 0.25) is 0 Å². The average Bonchev–Trinajstić information content (AvgIpc) is 2.16. The Hall–Kier alpha value is 0.430. The second kappa shape index (κ2) is 16.8. The Morgan fingerprint density at radius 2 is 0.733 bits per heavy atom. The van der Waals surface area contributed by atoms with Gasteiger partial charge >= 0.3 is 0 Å². The Balaban J connectivity index is 0. The molecule has 0 fully saturated rings. The molecule has 0 spiro atoms. The van der Waals surface area contributed by atoms with Crippen LogP contribution in [-0.4, -0.2) is 20.0 Å². The summed E-state index contributed by atoms with van der Waals surface area (Å²) in [7, 11) is 0.380. The van der Waals surface area contributed by atoms with Crippen LogP contribution >= 0.6 is 7.92 Å². The van der Waals surface area contributed by atoms with Crippen molar-refractivity contribution in [2.24, 2.45) is 0 Å². The van der Waals surface area contributed by atoms with Gasteiger partial charge in [-0.1, -0.05) is 71.6 Å². The van der Waals surface area contributed by atoms with Crippen molar-refractivity contribution in [2.45, 2.75) is 71.6 Å². The van der Waals surface area contributed by atoms with Crippen molar-refractivity contribution in [1.82, 2.24) is 0 Å². The molecule has 0 aliphatic heterocycles. The van der Waals surface area contributed by atoms with Crippen LogP contribution in [-0.2, 0) is 0 Å². The molecule has 0 unspecified atom stereocenters. The largest absolute Gasteiger partial charge is 0.116 e. The third-order valence-electron chi connectivity index (χ3n) is 2.21. The minimum absolute atomic E-state index is 0.380. The summed E-state index contributed by atoms with van der Waals surface area (Å²) in [4.78, 5) is 0.